The molecule has 1 heterocycles. The van der Waals surface area contributed by atoms with E-state index in [2.05, 4.69) is 14.9 Å². The van der Waals surface area contributed by atoms with E-state index in [0.29, 0.717) is 12.4 Å². The molecule has 1 aromatic carbocycles. The van der Waals surface area contributed by atoms with E-state index in [9.17, 15) is 4.79 Å². The van der Waals surface area contributed by atoms with E-state index < -0.39 is 0 Å². The summed E-state index contributed by atoms with van der Waals surface area (Å²) < 4.78 is 7.26. The Morgan fingerprint density at radius 1 is 1.33 bits per heavy atom. The summed E-state index contributed by atoms with van der Waals surface area (Å²) in [5, 5.41) is 3.83. The maximum atomic E-state index is 12.3. The third kappa shape index (κ3) is 4.78. The number of imidazole rings is 1. The summed E-state index contributed by atoms with van der Waals surface area (Å²) in [5.41, 5.74) is 2.95. The van der Waals surface area contributed by atoms with Crippen molar-refractivity contribution < 1.29 is 9.53 Å². The molecule has 0 spiro atoms. The van der Waals surface area contributed by atoms with Gasteiger partial charge < -0.3 is 14.6 Å². The number of anilines is 1. The molecule has 0 atom stereocenters. The molecule has 0 radical (unpaired) electrons. The Bertz CT molecular complexity index is 701. The predicted octanol–water partition coefficient (Wildman–Crippen LogP) is 3.60. The summed E-state index contributed by atoms with van der Waals surface area (Å²) in [7, 11) is 1.68. The van der Waals surface area contributed by atoms with E-state index in [-0.39, 0.29) is 5.91 Å². The maximum absolute atomic E-state index is 12.3. The maximum Gasteiger partial charge on any atom is 0.234 e. The number of thioether (sulfide) groups is 2. The van der Waals surface area contributed by atoms with Gasteiger partial charge in [-0.25, -0.2) is 4.98 Å². The highest BCUT2D eigenvalue weighted by Crippen LogP contribution is 2.25. The molecular weight excluding hydrogens is 342 g/mol. The normalized spacial score (nSPS) is 10.8. The molecule has 24 heavy (non-hydrogen) atoms. The number of aryl methyl sites for hydroxylation is 1. The first-order valence-corrected chi connectivity index (χ1v) is 9.86. The lowest BCUT2D eigenvalue weighted by Crippen LogP contribution is -2.15. The van der Waals surface area contributed by atoms with Crippen LogP contribution in [-0.4, -0.2) is 41.2 Å². The average Bonchev–Trinajstić information content (AvgIpc) is 2.85. The Balaban J connectivity index is 2.00. The number of carbonyl (C=O) groups excluding carboxylic acids is 1. The molecule has 130 valence electrons. The number of para-hydroxylation sites is 1. The third-order valence-corrected chi connectivity index (χ3v) is 5.43. The van der Waals surface area contributed by atoms with Gasteiger partial charge in [-0.3, -0.25) is 4.79 Å². The Kier molecular flexibility index (Phi) is 7.20. The Morgan fingerprint density at radius 3 is 2.79 bits per heavy atom. The van der Waals surface area contributed by atoms with Gasteiger partial charge in [0.25, 0.3) is 0 Å². The van der Waals surface area contributed by atoms with Crippen LogP contribution in [0, 0.1) is 13.8 Å². The Hall–Kier alpha value is -1.44. The van der Waals surface area contributed by atoms with Crippen LogP contribution in [0.1, 0.15) is 11.4 Å². The topological polar surface area (TPSA) is 56.1 Å². The van der Waals surface area contributed by atoms with Crippen LogP contribution >= 0.6 is 23.5 Å². The summed E-state index contributed by atoms with van der Waals surface area (Å²) in [4.78, 5) is 17.9. The summed E-state index contributed by atoms with van der Waals surface area (Å²) >= 11 is 3.07. The van der Waals surface area contributed by atoms with Crippen LogP contribution in [0.25, 0.3) is 0 Å². The molecule has 7 heteroatoms. The van der Waals surface area contributed by atoms with Crippen LogP contribution in [0.5, 0.6) is 0 Å². The van der Waals surface area contributed by atoms with Gasteiger partial charge in [0, 0.05) is 24.2 Å². The zero-order chi connectivity index (χ0) is 17.5. The molecule has 0 saturated heterocycles. The van der Waals surface area contributed by atoms with E-state index in [1.54, 1.807) is 18.9 Å². The standard InChI is InChI=1S/C17H23N3O2S2/c1-12-13(2)20(9-10-22-3)17(18-12)24-11-16(21)19-14-7-5-6-8-15(14)23-4/h5-8H,9-11H2,1-4H3,(H,19,21). The van der Waals surface area contributed by atoms with Gasteiger partial charge >= 0.3 is 0 Å². The lowest BCUT2D eigenvalue weighted by atomic mass is 10.3. The van der Waals surface area contributed by atoms with Gasteiger partial charge in [0.1, 0.15) is 0 Å². The molecule has 2 rings (SSSR count). The molecule has 0 aliphatic heterocycles. The molecule has 0 aliphatic rings. The van der Waals surface area contributed by atoms with E-state index in [1.165, 1.54) is 11.8 Å². The van der Waals surface area contributed by atoms with Crippen molar-refractivity contribution in [3.63, 3.8) is 0 Å². The van der Waals surface area contributed by atoms with E-state index in [4.69, 9.17) is 4.74 Å². The van der Waals surface area contributed by atoms with Crippen molar-refractivity contribution in [1.82, 2.24) is 9.55 Å². The highest BCUT2D eigenvalue weighted by atomic mass is 32.2. The highest BCUT2D eigenvalue weighted by molar-refractivity contribution is 7.99. The highest BCUT2D eigenvalue weighted by Gasteiger charge is 2.14. The number of nitrogens with zero attached hydrogens (tertiary/aromatic N) is 2. The number of carbonyl (C=O) groups is 1. The number of rotatable bonds is 8. The van der Waals surface area contributed by atoms with Gasteiger partial charge in [-0.2, -0.15) is 0 Å². The average molecular weight is 366 g/mol. The molecule has 1 aromatic heterocycles. The second-order valence-corrected chi connectivity index (χ2v) is 7.04. The molecule has 0 saturated carbocycles. The van der Waals surface area contributed by atoms with Gasteiger partial charge in [-0.15, -0.1) is 11.8 Å². The summed E-state index contributed by atoms with van der Waals surface area (Å²) in [6.45, 7) is 5.38. The fourth-order valence-electron chi connectivity index (χ4n) is 2.24. The zero-order valence-corrected chi connectivity index (χ0v) is 16.1. The molecule has 1 amide bonds. The molecule has 0 bridgehead atoms. The molecule has 1 N–H and O–H groups in total. The lowest BCUT2D eigenvalue weighted by Gasteiger charge is -2.10. The number of methoxy groups -OCH3 is 1. The van der Waals surface area contributed by atoms with Crippen LogP contribution in [-0.2, 0) is 16.1 Å². The minimum atomic E-state index is -0.0295. The fraction of sp³-hybridized carbons (Fsp3) is 0.412. The summed E-state index contributed by atoms with van der Waals surface area (Å²) in [6.07, 6.45) is 2.00. The second kappa shape index (κ2) is 9.15. The molecule has 0 unspecified atom stereocenters. The van der Waals surface area contributed by atoms with Gasteiger partial charge in [0.05, 0.1) is 23.7 Å². The number of benzene rings is 1. The summed E-state index contributed by atoms with van der Waals surface area (Å²) in [6, 6.07) is 7.81. The first kappa shape index (κ1) is 18.9. The number of hydrogen-bond donors (Lipinski definition) is 1. The predicted molar refractivity (Wildman–Crippen MR) is 101 cm³/mol. The van der Waals surface area contributed by atoms with Gasteiger partial charge in [0.2, 0.25) is 5.91 Å². The molecule has 5 nitrogen and oxygen atoms in total. The smallest absolute Gasteiger partial charge is 0.234 e. The quantitative estimate of drug-likeness (QED) is 0.725. The molecular formula is C17H23N3O2S2. The number of nitrogens with one attached hydrogen (secondary N) is 1. The zero-order valence-electron chi connectivity index (χ0n) is 14.5. The van der Waals surface area contributed by atoms with Crippen molar-refractivity contribution in [2.24, 2.45) is 0 Å². The Labute approximate surface area is 151 Å². The van der Waals surface area contributed by atoms with Crippen molar-refractivity contribution >= 4 is 35.1 Å². The molecule has 0 aliphatic carbocycles. The first-order chi connectivity index (χ1) is 11.6. The third-order valence-electron chi connectivity index (χ3n) is 3.66. The minimum absolute atomic E-state index is 0.0295. The number of hydrogen-bond acceptors (Lipinski definition) is 5. The number of ether oxygens (including phenoxy) is 1. The number of amides is 1. The van der Waals surface area contributed by atoms with E-state index >= 15 is 0 Å². The van der Waals surface area contributed by atoms with Gasteiger partial charge in [-0.05, 0) is 32.2 Å². The largest absolute Gasteiger partial charge is 0.383 e. The summed E-state index contributed by atoms with van der Waals surface area (Å²) in [5.74, 6) is 0.295. The molecule has 2 aromatic rings. The van der Waals surface area contributed by atoms with Crippen LogP contribution < -0.4 is 5.32 Å². The molecule has 0 fully saturated rings. The van der Waals surface area contributed by atoms with Crippen molar-refractivity contribution in [2.45, 2.75) is 30.4 Å². The van der Waals surface area contributed by atoms with Crippen molar-refractivity contribution in [3.8, 4) is 0 Å². The van der Waals surface area contributed by atoms with Gasteiger partial charge in [0.15, 0.2) is 5.16 Å². The van der Waals surface area contributed by atoms with E-state index in [1.807, 2.05) is 44.4 Å². The van der Waals surface area contributed by atoms with Crippen LogP contribution in [0.4, 0.5) is 5.69 Å². The van der Waals surface area contributed by atoms with Crippen molar-refractivity contribution in [1.29, 1.82) is 0 Å². The van der Waals surface area contributed by atoms with Crippen LogP contribution in [0.2, 0.25) is 0 Å². The van der Waals surface area contributed by atoms with E-state index in [0.717, 1.165) is 33.7 Å². The lowest BCUT2D eigenvalue weighted by molar-refractivity contribution is -0.113. The van der Waals surface area contributed by atoms with Crippen LogP contribution in [0.3, 0.4) is 0 Å². The van der Waals surface area contributed by atoms with Gasteiger partial charge in [-0.1, -0.05) is 23.9 Å². The monoisotopic (exact) mass is 365 g/mol. The van der Waals surface area contributed by atoms with Crippen molar-refractivity contribution in [2.75, 3.05) is 31.0 Å². The first-order valence-electron chi connectivity index (χ1n) is 7.65. The number of aromatic nitrogens is 2. The van der Waals surface area contributed by atoms with Crippen LogP contribution in [0.15, 0.2) is 34.3 Å². The minimum Gasteiger partial charge on any atom is -0.383 e. The Morgan fingerprint density at radius 2 is 2.08 bits per heavy atom. The fourth-order valence-corrected chi connectivity index (χ4v) is 3.72. The SMILES string of the molecule is COCCn1c(SCC(=O)Nc2ccccc2SC)nc(C)c1C. The second-order valence-electron chi connectivity index (χ2n) is 5.25. The van der Waals surface area contributed by atoms with Crippen molar-refractivity contribution in [3.05, 3.63) is 35.7 Å².